The molecule has 0 aliphatic rings. The zero-order valence-corrected chi connectivity index (χ0v) is 8.11. The SMILES string of the molecule is CSCCNC(=O)C(=O)NCC#N. The third-order valence-electron chi connectivity index (χ3n) is 1.13. The van der Waals surface area contributed by atoms with Crippen LogP contribution < -0.4 is 10.6 Å². The Morgan fingerprint density at radius 3 is 2.54 bits per heavy atom. The van der Waals surface area contributed by atoms with E-state index in [0.29, 0.717) is 6.54 Å². The number of nitrogens with zero attached hydrogens (tertiary/aromatic N) is 1. The van der Waals surface area contributed by atoms with E-state index >= 15 is 0 Å². The zero-order valence-electron chi connectivity index (χ0n) is 7.29. The van der Waals surface area contributed by atoms with Crippen LogP contribution in [-0.4, -0.2) is 36.9 Å². The van der Waals surface area contributed by atoms with Crippen molar-refractivity contribution in [3.8, 4) is 6.07 Å². The molecular weight excluding hydrogens is 190 g/mol. The van der Waals surface area contributed by atoms with Gasteiger partial charge in [0.15, 0.2) is 0 Å². The number of nitrogens with one attached hydrogen (secondary N) is 2. The standard InChI is InChI=1S/C7H11N3O2S/c1-13-5-4-10-7(12)6(11)9-3-2-8/h3-5H2,1H3,(H,9,11)(H,10,12). The molecule has 0 aliphatic carbocycles. The van der Waals surface area contributed by atoms with Gasteiger partial charge in [0.2, 0.25) is 0 Å². The Balaban J connectivity index is 3.59. The molecule has 0 radical (unpaired) electrons. The van der Waals surface area contributed by atoms with Crippen molar-refractivity contribution in [3.05, 3.63) is 0 Å². The van der Waals surface area contributed by atoms with Gasteiger partial charge in [-0.2, -0.15) is 17.0 Å². The Morgan fingerprint density at radius 1 is 1.38 bits per heavy atom. The molecule has 2 N–H and O–H groups in total. The molecule has 13 heavy (non-hydrogen) atoms. The van der Waals surface area contributed by atoms with E-state index in [4.69, 9.17) is 5.26 Å². The number of hydrogen-bond donors (Lipinski definition) is 2. The minimum Gasteiger partial charge on any atom is -0.347 e. The van der Waals surface area contributed by atoms with E-state index in [1.165, 1.54) is 0 Å². The molecule has 6 heteroatoms. The van der Waals surface area contributed by atoms with Crippen molar-refractivity contribution in [3.63, 3.8) is 0 Å². The van der Waals surface area contributed by atoms with Crippen LogP contribution in [-0.2, 0) is 9.59 Å². The van der Waals surface area contributed by atoms with E-state index in [1.54, 1.807) is 17.8 Å². The highest BCUT2D eigenvalue weighted by Crippen LogP contribution is 1.86. The molecule has 72 valence electrons. The lowest BCUT2D eigenvalue weighted by Gasteiger charge is -2.02. The fourth-order valence-corrected chi connectivity index (χ4v) is 0.853. The molecule has 0 aromatic rings. The number of nitriles is 1. The van der Waals surface area contributed by atoms with Crippen molar-refractivity contribution in [1.29, 1.82) is 5.26 Å². The van der Waals surface area contributed by atoms with E-state index in [1.807, 2.05) is 6.26 Å². The Kier molecular flexibility index (Phi) is 6.73. The molecule has 0 bridgehead atoms. The number of thioether (sulfide) groups is 1. The number of hydrogen-bond acceptors (Lipinski definition) is 4. The Labute approximate surface area is 80.9 Å². The molecule has 2 amide bonds. The maximum Gasteiger partial charge on any atom is 0.310 e. The Hall–Kier alpha value is -1.22. The van der Waals surface area contributed by atoms with Gasteiger partial charge in [-0.3, -0.25) is 9.59 Å². The molecule has 0 aromatic heterocycles. The number of carbonyl (C=O) groups is 2. The molecule has 0 heterocycles. The predicted molar refractivity (Wildman–Crippen MR) is 50.0 cm³/mol. The summed E-state index contributed by atoms with van der Waals surface area (Å²) in [6.07, 6.45) is 1.90. The quantitative estimate of drug-likeness (QED) is 0.351. The van der Waals surface area contributed by atoms with E-state index in [2.05, 4.69) is 10.6 Å². The van der Waals surface area contributed by atoms with Gasteiger partial charge in [-0.1, -0.05) is 0 Å². The molecule has 0 aromatic carbocycles. The molecule has 0 aliphatic heterocycles. The maximum absolute atomic E-state index is 10.9. The lowest BCUT2D eigenvalue weighted by atomic mass is 10.5. The van der Waals surface area contributed by atoms with Gasteiger partial charge >= 0.3 is 11.8 Å². The van der Waals surface area contributed by atoms with Crippen LogP contribution >= 0.6 is 11.8 Å². The average Bonchev–Trinajstić information content (AvgIpc) is 2.14. The highest BCUT2D eigenvalue weighted by Gasteiger charge is 2.10. The highest BCUT2D eigenvalue weighted by molar-refractivity contribution is 7.98. The topological polar surface area (TPSA) is 82.0 Å². The summed E-state index contributed by atoms with van der Waals surface area (Å²) in [5.41, 5.74) is 0. The first kappa shape index (κ1) is 11.8. The van der Waals surface area contributed by atoms with Crippen molar-refractivity contribution in [2.75, 3.05) is 25.1 Å². The summed E-state index contributed by atoms with van der Waals surface area (Å²) in [6, 6.07) is 1.70. The van der Waals surface area contributed by atoms with Gasteiger partial charge in [0.1, 0.15) is 6.54 Å². The van der Waals surface area contributed by atoms with Crippen LogP contribution in [0.4, 0.5) is 0 Å². The molecule has 0 saturated heterocycles. The summed E-state index contributed by atoms with van der Waals surface area (Å²) in [5.74, 6) is -0.691. The summed E-state index contributed by atoms with van der Waals surface area (Å²) in [7, 11) is 0. The maximum atomic E-state index is 10.9. The summed E-state index contributed by atoms with van der Waals surface area (Å²) in [5, 5.41) is 12.7. The van der Waals surface area contributed by atoms with Crippen LogP contribution in [0.1, 0.15) is 0 Å². The average molecular weight is 201 g/mol. The number of amides is 2. The van der Waals surface area contributed by atoms with Crippen LogP contribution in [0.25, 0.3) is 0 Å². The predicted octanol–water partition coefficient (Wildman–Crippen LogP) is -0.895. The van der Waals surface area contributed by atoms with E-state index < -0.39 is 11.8 Å². The third-order valence-corrected chi connectivity index (χ3v) is 1.74. The van der Waals surface area contributed by atoms with E-state index in [0.717, 1.165) is 5.75 Å². The van der Waals surface area contributed by atoms with Crippen molar-refractivity contribution in [2.24, 2.45) is 0 Å². The third kappa shape index (κ3) is 5.99. The lowest BCUT2D eigenvalue weighted by Crippen LogP contribution is -2.40. The second-order valence-electron chi connectivity index (χ2n) is 2.09. The largest absolute Gasteiger partial charge is 0.347 e. The molecule has 0 unspecified atom stereocenters. The molecule has 0 spiro atoms. The van der Waals surface area contributed by atoms with Crippen molar-refractivity contribution in [2.45, 2.75) is 0 Å². The first-order valence-electron chi connectivity index (χ1n) is 3.64. The molecule has 0 fully saturated rings. The molecular formula is C7H11N3O2S. The minimum absolute atomic E-state index is 0.144. The van der Waals surface area contributed by atoms with Crippen LogP contribution in [0.2, 0.25) is 0 Å². The molecule has 5 nitrogen and oxygen atoms in total. The normalized spacial score (nSPS) is 8.62. The smallest absolute Gasteiger partial charge is 0.310 e. The van der Waals surface area contributed by atoms with Gasteiger partial charge in [-0.25, -0.2) is 0 Å². The monoisotopic (exact) mass is 201 g/mol. The first-order valence-corrected chi connectivity index (χ1v) is 5.03. The van der Waals surface area contributed by atoms with Gasteiger partial charge < -0.3 is 10.6 Å². The molecule has 0 atom stereocenters. The van der Waals surface area contributed by atoms with E-state index in [9.17, 15) is 9.59 Å². The van der Waals surface area contributed by atoms with Crippen LogP contribution in [0, 0.1) is 11.3 Å². The van der Waals surface area contributed by atoms with Crippen molar-refractivity contribution < 1.29 is 9.59 Å². The van der Waals surface area contributed by atoms with E-state index in [-0.39, 0.29) is 6.54 Å². The number of rotatable bonds is 4. The zero-order chi connectivity index (χ0) is 10.1. The van der Waals surface area contributed by atoms with Crippen LogP contribution in [0.3, 0.4) is 0 Å². The highest BCUT2D eigenvalue weighted by atomic mass is 32.2. The van der Waals surface area contributed by atoms with Gasteiger partial charge in [0.05, 0.1) is 6.07 Å². The summed E-state index contributed by atoms with van der Waals surface area (Å²) >= 11 is 1.57. The van der Waals surface area contributed by atoms with Gasteiger partial charge in [-0.05, 0) is 6.26 Å². The molecule has 0 rings (SSSR count). The lowest BCUT2D eigenvalue weighted by molar-refractivity contribution is -0.138. The fourth-order valence-electron chi connectivity index (χ4n) is 0.547. The van der Waals surface area contributed by atoms with Gasteiger partial charge in [-0.15, -0.1) is 0 Å². The van der Waals surface area contributed by atoms with Gasteiger partial charge in [0, 0.05) is 12.3 Å². The number of carbonyl (C=O) groups excluding carboxylic acids is 2. The summed E-state index contributed by atoms with van der Waals surface area (Å²) < 4.78 is 0. The molecule has 0 saturated carbocycles. The second kappa shape index (κ2) is 7.43. The Morgan fingerprint density at radius 2 is 2.00 bits per heavy atom. The second-order valence-corrected chi connectivity index (χ2v) is 3.08. The van der Waals surface area contributed by atoms with Crippen molar-refractivity contribution in [1.82, 2.24) is 10.6 Å². The first-order chi connectivity index (χ1) is 6.22. The fraction of sp³-hybridized carbons (Fsp3) is 0.571. The van der Waals surface area contributed by atoms with Gasteiger partial charge in [0.25, 0.3) is 0 Å². The Bertz CT molecular complexity index is 224. The van der Waals surface area contributed by atoms with Crippen LogP contribution in [0.5, 0.6) is 0 Å². The minimum atomic E-state index is -0.761. The summed E-state index contributed by atoms with van der Waals surface area (Å²) in [6.45, 7) is 0.314. The van der Waals surface area contributed by atoms with Crippen LogP contribution in [0.15, 0.2) is 0 Å². The summed E-state index contributed by atoms with van der Waals surface area (Å²) in [4.78, 5) is 21.7. The van der Waals surface area contributed by atoms with Crippen molar-refractivity contribution >= 4 is 23.6 Å².